The number of rotatable bonds is 6. The Morgan fingerprint density at radius 3 is 2.00 bits per heavy atom. The molecule has 0 saturated heterocycles. The van der Waals surface area contributed by atoms with E-state index in [2.05, 4.69) is 44.7 Å². The third-order valence-electron chi connectivity index (χ3n) is 3.25. The molecule has 0 saturated carbocycles. The second kappa shape index (κ2) is 9.14. The van der Waals surface area contributed by atoms with Crippen molar-refractivity contribution < 1.29 is 21.7 Å². The standard InChI is InChI=1S/C16H10N2O5S4/c19-26(20)15-7-13(17-9-24)5-3-11(15)1-2-12-4-6-14(18-10-25)8-16(12)27(21,22)23/h1-8H,(H,19,20)(H,21,22,23)/b2-1+. The molecule has 2 aromatic carbocycles. The molecule has 1 unspecified atom stereocenters. The molecule has 0 radical (unpaired) electrons. The van der Waals surface area contributed by atoms with E-state index in [1.165, 1.54) is 36.4 Å². The number of benzene rings is 2. The third-order valence-corrected chi connectivity index (χ3v) is 5.07. The summed E-state index contributed by atoms with van der Waals surface area (Å²) in [6, 6.07) is 8.45. The average Bonchev–Trinajstić information content (AvgIpc) is 2.61. The minimum atomic E-state index is -4.54. The summed E-state index contributed by atoms with van der Waals surface area (Å²) in [5.41, 5.74) is 1.05. The Hall–Kier alpha value is -2.20. The molecule has 2 N–H and O–H groups in total. The van der Waals surface area contributed by atoms with Crippen molar-refractivity contribution in [2.45, 2.75) is 9.79 Å². The monoisotopic (exact) mass is 438 g/mol. The summed E-state index contributed by atoms with van der Waals surface area (Å²) in [5.74, 6) is 0. The van der Waals surface area contributed by atoms with E-state index in [1.54, 1.807) is 6.07 Å². The van der Waals surface area contributed by atoms with Crippen LogP contribution in [-0.2, 0) is 21.2 Å². The molecule has 0 aliphatic rings. The largest absolute Gasteiger partial charge is 0.302 e. The predicted molar refractivity (Wildman–Crippen MR) is 110 cm³/mol. The predicted octanol–water partition coefficient (Wildman–Crippen LogP) is 4.15. The van der Waals surface area contributed by atoms with Gasteiger partial charge in [-0.25, -0.2) is 4.21 Å². The van der Waals surface area contributed by atoms with Gasteiger partial charge in [-0.05, 0) is 59.8 Å². The van der Waals surface area contributed by atoms with Gasteiger partial charge >= 0.3 is 0 Å². The van der Waals surface area contributed by atoms with Crippen molar-refractivity contribution in [1.82, 2.24) is 0 Å². The van der Waals surface area contributed by atoms with Gasteiger partial charge < -0.3 is 4.55 Å². The molecule has 2 rings (SSSR count). The van der Waals surface area contributed by atoms with E-state index < -0.39 is 21.2 Å². The second-order valence-electron chi connectivity index (χ2n) is 4.91. The molecule has 27 heavy (non-hydrogen) atoms. The topological polar surface area (TPSA) is 116 Å². The quantitative estimate of drug-likeness (QED) is 0.229. The van der Waals surface area contributed by atoms with E-state index in [0.29, 0.717) is 11.3 Å². The highest BCUT2D eigenvalue weighted by atomic mass is 32.2. The Balaban J connectivity index is 2.57. The molecular weight excluding hydrogens is 428 g/mol. The van der Waals surface area contributed by atoms with Gasteiger partial charge in [0, 0.05) is 0 Å². The minimum absolute atomic E-state index is 0.0492. The highest BCUT2D eigenvalue weighted by Crippen LogP contribution is 2.26. The van der Waals surface area contributed by atoms with Gasteiger partial charge in [0.1, 0.15) is 4.90 Å². The van der Waals surface area contributed by atoms with E-state index >= 15 is 0 Å². The average molecular weight is 439 g/mol. The first kappa shape index (κ1) is 21.1. The van der Waals surface area contributed by atoms with Gasteiger partial charge in [-0.3, -0.25) is 4.55 Å². The summed E-state index contributed by atoms with van der Waals surface area (Å²) in [4.78, 5) is 7.07. The van der Waals surface area contributed by atoms with Gasteiger partial charge in [0.05, 0.1) is 26.6 Å². The highest BCUT2D eigenvalue weighted by molar-refractivity contribution is 7.86. The van der Waals surface area contributed by atoms with Crippen molar-refractivity contribution in [3.8, 4) is 0 Å². The van der Waals surface area contributed by atoms with Crippen LogP contribution in [0.2, 0.25) is 0 Å². The number of nitrogens with zero attached hydrogens (tertiary/aromatic N) is 2. The Labute approximate surface area is 168 Å². The van der Waals surface area contributed by atoms with Crippen molar-refractivity contribution in [3.05, 3.63) is 47.5 Å². The van der Waals surface area contributed by atoms with Gasteiger partial charge in [0.15, 0.2) is 11.1 Å². The number of isothiocyanates is 2. The Morgan fingerprint density at radius 2 is 1.48 bits per heavy atom. The van der Waals surface area contributed by atoms with Crippen LogP contribution in [0, 0.1) is 0 Å². The zero-order valence-electron chi connectivity index (χ0n) is 13.3. The lowest BCUT2D eigenvalue weighted by molar-refractivity contribution is 0.483. The first-order chi connectivity index (χ1) is 12.8. The lowest BCUT2D eigenvalue weighted by Crippen LogP contribution is -2.00. The van der Waals surface area contributed by atoms with Crippen molar-refractivity contribution in [2.24, 2.45) is 9.98 Å². The fourth-order valence-electron chi connectivity index (χ4n) is 2.12. The lowest BCUT2D eigenvalue weighted by Gasteiger charge is -2.05. The van der Waals surface area contributed by atoms with E-state index in [0.717, 1.165) is 6.07 Å². The van der Waals surface area contributed by atoms with Crippen molar-refractivity contribution >= 4 is 79.5 Å². The van der Waals surface area contributed by atoms with Crippen LogP contribution in [0.5, 0.6) is 0 Å². The molecule has 0 amide bonds. The summed E-state index contributed by atoms with van der Waals surface area (Å²) in [6.07, 6.45) is 2.81. The molecule has 138 valence electrons. The molecular formula is C16H10N2O5S4. The zero-order valence-corrected chi connectivity index (χ0v) is 16.5. The Kier molecular flexibility index (Phi) is 7.14. The zero-order chi connectivity index (χ0) is 20.0. The van der Waals surface area contributed by atoms with Crippen LogP contribution >= 0.6 is 24.4 Å². The summed E-state index contributed by atoms with van der Waals surface area (Å²) in [6.45, 7) is 0. The maximum absolute atomic E-state index is 11.6. The number of thiocarbonyl (C=S) groups is 2. The maximum atomic E-state index is 11.6. The van der Waals surface area contributed by atoms with Crippen molar-refractivity contribution in [2.75, 3.05) is 0 Å². The van der Waals surface area contributed by atoms with Crippen LogP contribution in [0.3, 0.4) is 0 Å². The summed E-state index contributed by atoms with van der Waals surface area (Å²) in [5, 5.41) is 4.27. The van der Waals surface area contributed by atoms with Gasteiger partial charge in [-0.2, -0.15) is 18.4 Å². The van der Waals surface area contributed by atoms with Crippen molar-refractivity contribution in [1.29, 1.82) is 0 Å². The Bertz CT molecular complexity index is 1150. The summed E-state index contributed by atoms with van der Waals surface area (Å²) in [7, 11) is -4.54. The van der Waals surface area contributed by atoms with Crippen LogP contribution < -0.4 is 0 Å². The second-order valence-corrected chi connectivity index (χ2v) is 7.60. The van der Waals surface area contributed by atoms with E-state index in [-0.39, 0.29) is 21.0 Å². The first-order valence-corrected chi connectivity index (χ1v) is 10.3. The lowest BCUT2D eigenvalue weighted by atomic mass is 10.1. The van der Waals surface area contributed by atoms with Gasteiger partial charge in [0.25, 0.3) is 10.1 Å². The Morgan fingerprint density at radius 1 is 0.963 bits per heavy atom. The number of hydrogen-bond acceptors (Lipinski definition) is 7. The summed E-state index contributed by atoms with van der Waals surface area (Å²) < 4.78 is 53.7. The van der Waals surface area contributed by atoms with Crippen LogP contribution in [-0.4, -0.2) is 32.1 Å². The highest BCUT2D eigenvalue weighted by Gasteiger charge is 2.15. The normalized spacial score (nSPS) is 12.2. The smallest absolute Gasteiger partial charge is 0.295 e. The van der Waals surface area contributed by atoms with Crippen LogP contribution in [0.4, 0.5) is 11.4 Å². The van der Waals surface area contributed by atoms with Gasteiger partial charge in [-0.15, -0.1) is 0 Å². The SMILES string of the molecule is O=S(O)c1cc(N=C=S)ccc1/C=C/c1ccc(N=C=S)cc1S(=O)(=O)O. The van der Waals surface area contributed by atoms with Crippen LogP contribution in [0.1, 0.15) is 11.1 Å². The summed E-state index contributed by atoms with van der Waals surface area (Å²) >= 11 is 6.66. The van der Waals surface area contributed by atoms with Crippen LogP contribution in [0.15, 0.2) is 56.2 Å². The molecule has 0 spiro atoms. The van der Waals surface area contributed by atoms with Gasteiger partial charge in [-0.1, -0.05) is 24.3 Å². The van der Waals surface area contributed by atoms with Crippen LogP contribution in [0.25, 0.3) is 12.2 Å². The van der Waals surface area contributed by atoms with E-state index in [4.69, 9.17) is 0 Å². The fraction of sp³-hybridized carbons (Fsp3) is 0. The number of hydrogen-bond donors (Lipinski definition) is 2. The molecule has 7 nitrogen and oxygen atoms in total. The van der Waals surface area contributed by atoms with E-state index in [9.17, 15) is 21.7 Å². The minimum Gasteiger partial charge on any atom is -0.302 e. The van der Waals surface area contributed by atoms with Gasteiger partial charge in [0.2, 0.25) is 0 Å². The molecule has 11 heteroatoms. The van der Waals surface area contributed by atoms with Crippen molar-refractivity contribution in [3.63, 3.8) is 0 Å². The molecule has 0 aliphatic heterocycles. The molecule has 1 atom stereocenters. The molecule has 0 aromatic heterocycles. The molecule has 2 aromatic rings. The van der Waals surface area contributed by atoms with E-state index in [1.807, 2.05) is 0 Å². The third kappa shape index (κ3) is 5.64. The molecule has 0 fully saturated rings. The molecule has 0 bridgehead atoms. The maximum Gasteiger partial charge on any atom is 0.295 e. The molecule has 0 heterocycles. The molecule has 0 aliphatic carbocycles. The first-order valence-electron chi connectivity index (χ1n) is 6.96. The number of aliphatic imine (C=N–C) groups is 2. The fourth-order valence-corrected chi connectivity index (χ4v) is 3.59.